The van der Waals surface area contributed by atoms with E-state index in [1.807, 2.05) is 13.0 Å². The maximum atomic E-state index is 13.5. The quantitative estimate of drug-likeness (QED) is 0.213. The number of carbonyl (C=O) groups excluding carboxylic acids is 2. The van der Waals surface area contributed by atoms with Crippen LogP contribution in [-0.2, 0) is 9.59 Å². The van der Waals surface area contributed by atoms with Crippen molar-refractivity contribution in [3.05, 3.63) is 89.2 Å². The van der Waals surface area contributed by atoms with Gasteiger partial charge in [0.15, 0.2) is 5.13 Å². The number of thiazole rings is 1. The summed E-state index contributed by atoms with van der Waals surface area (Å²) in [5.41, 5.74) is 1.21. The fourth-order valence-corrected chi connectivity index (χ4v) is 5.25. The lowest BCUT2D eigenvalue weighted by Crippen LogP contribution is -2.29. The maximum Gasteiger partial charge on any atom is 0.301 e. The van der Waals surface area contributed by atoms with Crippen LogP contribution in [0.5, 0.6) is 11.5 Å². The van der Waals surface area contributed by atoms with Gasteiger partial charge in [0.2, 0.25) is 0 Å². The van der Waals surface area contributed by atoms with Crippen molar-refractivity contribution in [2.75, 3.05) is 18.6 Å². The van der Waals surface area contributed by atoms with Crippen LogP contribution in [0.25, 0.3) is 16.0 Å². The van der Waals surface area contributed by atoms with Crippen LogP contribution in [0.3, 0.4) is 0 Å². The molecule has 1 N–H and O–H groups in total. The molecule has 0 saturated carbocycles. The van der Waals surface area contributed by atoms with Crippen LogP contribution in [0.15, 0.2) is 72.3 Å². The molecule has 1 atom stereocenters. The number of aromatic nitrogens is 1. The van der Waals surface area contributed by atoms with E-state index in [1.165, 1.54) is 47.6 Å². The Morgan fingerprint density at radius 3 is 2.58 bits per heavy atom. The summed E-state index contributed by atoms with van der Waals surface area (Å²) in [6.45, 7) is 2.39. The third-order valence-electron chi connectivity index (χ3n) is 5.86. The fraction of sp³-hybridized carbons (Fsp3) is 0.148. The van der Waals surface area contributed by atoms with Gasteiger partial charge in [-0.3, -0.25) is 14.5 Å². The van der Waals surface area contributed by atoms with Gasteiger partial charge in [-0.15, -0.1) is 0 Å². The van der Waals surface area contributed by atoms with E-state index in [2.05, 4.69) is 4.98 Å². The zero-order valence-corrected chi connectivity index (χ0v) is 20.2. The molecule has 0 unspecified atom stereocenters. The Morgan fingerprint density at radius 2 is 1.86 bits per heavy atom. The number of carbonyl (C=O) groups is 2. The second kappa shape index (κ2) is 9.43. The molecule has 2 heterocycles. The highest BCUT2D eigenvalue weighted by Crippen LogP contribution is 2.46. The van der Waals surface area contributed by atoms with E-state index in [4.69, 9.17) is 9.47 Å². The molecule has 1 aliphatic heterocycles. The molecule has 7 nitrogen and oxygen atoms in total. The molecular weight excluding hydrogens is 483 g/mol. The first-order valence-corrected chi connectivity index (χ1v) is 12.0. The number of aliphatic hydroxyl groups is 1. The monoisotopic (exact) mass is 504 g/mol. The molecule has 0 radical (unpaired) electrons. The average molecular weight is 505 g/mol. The number of aliphatic hydroxyl groups excluding tert-OH is 1. The first-order valence-electron chi connectivity index (χ1n) is 11.2. The molecule has 0 aliphatic carbocycles. The predicted molar refractivity (Wildman–Crippen MR) is 135 cm³/mol. The van der Waals surface area contributed by atoms with Crippen molar-refractivity contribution in [2.45, 2.75) is 13.0 Å². The van der Waals surface area contributed by atoms with E-state index in [0.717, 1.165) is 4.70 Å². The molecule has 1 aliphatic rings. The Hall–Kier alpha value is -4.24. The summed E-state index contributed by atoms with van der Waals surface area (Å²) in [7, 11) is 1.48. The lowest BCUT2D eigenvalue weighted by molar-refractivity contribution is -0.132. The van der Waals surface area contributed by atoms with Crippen LogP contribution in [0, 0.1) is 5.82 Å². The van der Waals surface area contributed by atoms with E-state index in [9.17, 15) is 19.1 Å². The molecule has 1 aromatic heterocycles. The van der Waals surface area contributed by atoms with E-state index in [1.54, 1.807) is 36.4 Å². The Bertz CT molecular complexity index is 1510. The molecule has 5 rings (SSSR count). The number of ether oxygens (including phenoxy) is 2. The molecular formula is C27H21FN2O5S. The van der Waals surface area contributed by atoms with Gasteiger partial charge < -0.3 is 14.6 Å². The van der Waals surface area contributed by atoms with Crippen molar-refractivity contribution >= 4 is 44.1 Å². The largest absolute Gasteiger partial charge is 0.507 e. The maximum absolute atomic E-state index is 13.5. The number of fused-ring (bicyclic) bond motifs is 1. The Kier molecular flexibility index (Phi) is 6.15. The van der Waals surface area contributed by atoms with Gasteiger partial charge in [-0.05, 0) is 55.5 Å². The zero-order valence-electron chi connectivity index (χ0n) is 19.4. The van der Waals surface area contributed by atoms with Gasteiger partial charge in [0, 0.05) is 11.1 Å². The number of para-hydroxylation sites is 1. The number of hydrogen-bond acceptors (Lipinski definition) is 7. The van der Waals surface area contributed by atoms with Gasteiger partial charge in [-0.1, -0.05) is 29.5 Å². The highest BCUT2D eigenvalue weighted by molar-refractivity contribution is 7.22. The lowest BCUT2D eigenvalue weighted by Gasteiger charge is -2.24. The van der Waals surface area contributed by atoms with Gasteiger partial charge in [-0.2, -0.15) is 0 Å². The first kappa shape index (κ1) is 23.5. The Balaban J connectivity index is 1.72. The topological polar surface area (TPSA) is 89.0 Å². The zero-order chi connectivity index (χ0) is 25.4. The van der Waals surface area contributed by atoms with Gasteiger partial charge in [0.1, 0.15) is 29.1 Å². The number of ketones is 1. The van der Waals surface area contributed by atoms with Gasteiger partial charge in [-0.25, -0.2) is 9.37 Å². The molecule has 3 aromatic carbocycles. The van der Waals surface area contributed by atoms with Crippen LogP contribution in [-0.4, -0.2) is 35.5 Å². The number of halogens is 1. The molecule has 9 heteroatoms. The van der Waals surface area contributed by atoms with Crippen LogP contribution >= 0.6 is 11.3 Å². The number of rotatable bonds is 6. The number of benzene rings is 3. The Labute approximate surface area is 210 Å². The lowest BCUT2D eigenvalue weighted by atomic mass is 9.94. The van der Waals surface area contributed by atoms with E-state index < -0.39 is 29.3 Å². The Morgan fingerprint density at radius 1 is 1.11 bits per heavy atom. The predicted octanol–water partition coefficient (Wildman–Crippen LogP) is 5.47. The van der Waals surface area contributed by atoms with E-state index >= 15 is 0 Å². The highest BCUT2D eigenvalue weighted by Gasteiger charge is 2.49. The number of methoxy groups -OCH3 is 1. The minimum atomic E-state index is -1.02. The molecule has 36 heavy (non-hydrogen) atoms. The van der Waals surface area contributed by atoms with Gasteiger partial charge in [0.05, 0.1) is 29.5 Å². The molecule has 1 saturated heterocycles. The third kappa shape index (κ3) is 3.97. The molecule has 0 bridgehead atoms. The summed E-state index contributed by atoms with van der Waals surface area (Å²) in [6.07, 6.45) is 0. The molecule has 1 fully saturated rings. The van der Waals surface area contributed by atoms with Crippen LogP contribution in [0.1, 0.15) is 24.1 Å². The summed E-state index contributed by atoms with van der Waals surface area (Å²) in [4.78, 5) is 32.6. The van der Waals surface area contributed by atoms with Crippen molar-refractivity contribution in [1.29, 1.82) is 0 Å². The van der Waals surface area contributed by atoms with E-state index in [0.29, 0.717) is 29.2 Å². The molecule has 1 amide bonds. The first-order chi connectivity index (χ1) is 17.4. The minimum Gasteiger partial charge on any atom is -0.507 e. The number of amides is 1. The second-order valence-electron chi connectivity index (χ2n) is 7.98. The van der Waals surface area contributed by atoms with Crippen LogP contribution in [0.2, 0.25) is 0 Å². The summed E-state index contributed by atoms with van der Waals surface area (Å²) < 4.78 is 25.4. The van der Waals surface area contributed by atoms with Crippen molar-refractivity contribution in [2.24, 2.45) is 0 Å². The number of hydrogen-bond donors (Lipinski definition) is 1. The minimum absolute atomic E-state index is 0.134. The smallest absolute Gasteiger partial charge is 0.301 e. The fourth-order valence-electron chi connectivity index (χ4n) is 4.23. The molecule has 182 valence electrons. The molecule has 4 aromatic rings. The standard InChI is InChI=1S/C27H21FN2O5S/c1-3-35-17-12-13-19-21(14-17)36-27(29-19)30-23(18-6-4-5-7-20(18)34-2)22(25(32)26(30)33)24(31)15-8-10-16(28)11-9-15/h4-14,23,31H,3H2,1-2H3/b24-22+/t23-/m1/s1. The SMILES string of the molecule is CCOc1ccc2nc(N3C(=O)C(=O)/C(=C(/O)c4ccc(F)cc4)[C@H]3c3ccccc3OC)sc2c1. The van der Waals surface area contributed by atoms with E-state index in [-0.39, 0.29) is 16.3 Å². The third-order valence-corrected chi connectivity index (χ3v) is 6.88. The van der Waals surface area contributed by atoms with Crippen molar-refractivity contribution in [3.63, 3.8) is 0 Å². The summed E-state index contributed by atoms with van der Waals surface area (Å²) in [5.74, 6) is -1.51. The number of nitrogens with zero attached hydrogens (tertiary/aromatic N) is 2. The average Bonchev–Trinajstić information content (AvgIpc) is 3.42. The second-order valence-corrected chi connectivity index (χ2v) is 8.99. The van der Waals surface area contributed by atoms with Crippen LogP contribution in [0.4, 0.5) is 9.52 Å². The number of anilines is 1. The summed E-state index contributed by atoms with van der Waals surface area (Å²) >= 11 is 1.23. The van der Waals surface area contributed by atoms with Crippen molar-refractivity contribution < 1.29 is 28.6 Å². The summed E-state index contributed by atoms with van der Waals surface area (Å²) in [5, 5.41) is 11.5. The van der Waals surface area contributed by atoms with Crippen molar-refractivity contribution in [1.82, 2.24) is 4.98 Å². The van der Waals surface area contributed by atoms with Crippen molar-refractivity contribution in [3.8, 4) is 11.5 Å². The van der Waals surface area contributed by atoms with Gasteiger partial charge in [0.25, 0.3) is 5.78 Å². The normalized spacial score (nSPS) is 17.1. The summed E-state index contributed by atoms with van der Waals surface area (Å²) in [6, 6.07) is 16.4. The highest BCUT2D eigenvalue weighted by atomic mass is 32.1. The van der Waals surface area contributed by atoms with Gasteiger partial charge >= 0.3 is 5.91 Å². The van der Waals surface area contributed by atoms with Crippen LogP contribution < -0.4 is 14.4 Å². The molecule has 0 spiro atoms. The number of Topliss-reactive ketones (excluding diaryl/α,β-unsaturated/α-hetero) is 1.